The average molecular weight is 212 g/mol. The van der Waals surface area contributed by atoms with Crippen LogP contribution in [0.15, 0.2) is 6.20 Å². The van der Waals surface area contributed by atoms with Crippen molar-refractivity contribution in [2.45, 2.75) is 19.5 Å². The lowest BCUT2D eigenvalue weighted by Crippen LogP contribution is -2.22. The fourth-order valence-corrected chi connectivity index (χ4v) is 1.47. The molecule has 0 aromatic carbocycles. The second-order valence-corrected chi connectivity index (χ2v) is 3.91. The first-order valence-electron chi connectivity index (χ1n) is 5.06. The molecule has 1 unspecified atom stereocenters. The van der Waals surface area contributed by atoms with Gasteiger partial charge >= 0.3 is 0 Å². The Labute approximate surface area is 90.8 Å². The molecule has 2 N–H and O–H groups in total. The van der Waals surface area contributed by atoms with E-state index in [9.17, 15) is 0 Å². The standard InChI is InChI=1S/C10H20N4O/c1-8(11)10-9(15-4)7-12-14(10)6-5-13(2)3/h7-8H,5-6,11H2,1-4H3. The van der Waals surface area contributed by atoms with Crippen LogP contribution >= 0.6 is 0 Å². The number of rotatable bonds is 5. The van der Waals surface area contributed by atoms with Gasteiger partial charge in [0.05, 0.1) is 25.5 Å². The van der Waals surface area contributed by atoms with Crippen LogP contribution < -0.4 is 10.5 Å². The molecular weight excluding hydrogens is 192 g/mol. The number of methoxy groups -OCH3 is 1. The average Bonchev–Trinajstić information content (AvgIpc) is 2.57. The molecular formula is C10H20N4O. The van der Waals surface area contributed by atoms with Crippen molar-refractivity contribution in [3.05, 3.63) is 11.9 Å². The quantitative estimate of drug-likeness (QED) is 0.771. The van der Waals surface area contributed by atoms with Crippen LogP contribution in [0.1, 0.15) is 18.7 Å². The van der Waals surface area contributed by atoms with Gasteiger partial charge in [0.15, 0.2) is 5.75 Å². The lowest BCUT2D eigenvalue weighted by atomic mass is 10.2. The smallest absolute Gasteiger partial charge is 0.161 e. The minimum Gasteiger partial charge on any atom is -0.493 e. The molecule has 0 saturated heterocycles. The summed E-state index contributed by atoms with van der Waals surface area (Å²) in [6.45, 7) is 3.70. The SMILES string of the molecule is COc1cnn(CCN(C)C)c1C(C)N. The van der Waals surface area contributed by atoms with Crippen molar-refractivity contribution < 1.29 is 4.74 Å². The fraction of sp³-hybridized carbons (Fsp3) is 0.700. The van der Waals surface area contributed by atoms with E-state index in [1.165, 1.54) is 0 Å². The Balaban J connectivity index is 2.82. The Morgan fingerprint density at radius 1 is 1.60 bits per heavy atom. The molecule has 0 spiro atoms. The minimum absolute atomic E-state index is 0.0652. The predicted molar refractivity (Wildman–Crippen MR) is 59.9 cm³/mol. The first kappa shape index (κ1) is 12.0. The Morgan fingerprint density at radius 3 is 2.73 bits per heavy atom. The van der Waals surface area contributed by atoms with E-state index >= 15 is 0 Å². The fourth-order valence-electron chi connectivity index (χ4n) is 1.47. The topological polar surface area (TPSA) is 56.3 Å². The van der Waals surface area contributed by atoms with Crippen molar-refractivity contribution in [2.24, 2.45) is 5.73 Å². The zero-order valence-corrected chi connectivity index (χ0v) is 9.90. The Morgan fingerprint density at radius 2 is 2.27 bits per heavy atom. The van der Waals surface area contributed by atoms with Crippen LogP contribution in [0.25, 0.3) is 0 Å². The second-order valence-electron chi connectivity index (χ2n) is 3.91. The highest BCUT2D eigenvalue weighted by atomic mass is 16.5. The highest BCUT2D eigenvalue weighted by Crippen LogP contribution is 2.22. The molecule has 0 amide bonds. The molecule has 5 heteroatoms. The van der Waals surface area contributed by atoms with Crippen LogP contribution in [0.4, 0.5) is 0 Å². The molecule has 0 aliphatic heterocycles. The second kappa shape index (κ2) is 5.14. The Kier molecular flexibility index (Phi) is 4.11. The van der Waals surface area contributed by atoms with Gasteiger partial charge < -0.3 is 15.4 Å². The summed E-state index contributed by atoms with van der Waals surface area (Å²) in [4.78, 5) is 2.11. The van der Waals surface area contributed by atoms with Gasteiger partial charge in [-0.15, -0.1) is 0 Å². The Hall–Kier alpha value is -1.07. The molecule has 1 atom stereocenters. The molecule has 0 bridgehead atoms. The van der Waals surface area contributed by atoms with Crippen LogP contribution in [0, 0.1) is 0 Å². The third-order valence-corrected chi connectivity index (χ3v) is 2.26. The molecule has 0 saturated carbocycles. The summed E-state index contributed by atoms with van der Waals surface area (Å²) < 4.78 is 7.12. The van der Waals surface area contributed by atoms with Crippen molar-refractivity contribution in [1.29, 1.82) is 0 Å². The summed E-state index contributed by atoms with van der Waals surface area (Å²) >= 11 is 0. The van der Waals surface area contributed by atoms with Crippen molar-refractivity contribution in [3.8, 4) is 5.75 Å². The van der Waals surface area contributed by atoms with E-state index in [1.54, 1.807) is 13.3 Å². The zero-order chi connectivity index (χ0) is 11.4. The van der Waals surface area contributed by atoms with Crippen LogP contribution in [0.3, 0.4) is 0 Å². The summed E-state index contributed by atoms with van der Waals surface area (Å²) in [5.74, 6) is 0.767. The van der Waals surface area contributed by atoms with Crippen molar-refractivity contribution in [1.82, 2.24) is 14.7 Å². The molecule has 1 heterocycles. The van der Waals surface area contributed by atoms with Gasteiger partial charge in [-0.3, -0.25) is 4.68 Å². The molecule has 0 radical (unpaired) electrons. The molecule has 0 fully saturated rings. The molecule has 5 nitrogen and oxygen atoms in total. The highest BCUT2D eigenvalue weighted by Gasteiger charge is 2.14. The zero-order valence-electron chi connectivity index (χ0n) is 9.90. The number of hydrogen-bond acceptors (Lipinski definition) is 4. The molecule has 0 aliphatic carbocycles. The molecule has 1 rings (SSSR count). The molecule has 15 heavy (non-hydrogen) atoms. The highest BCUT2D eigenvalue weighted by molar-refractivity contribution is 5.27. The molecule has 1 aromatic rings. The van der Waals surface area contributed by atoms with Crippen LogP contribution in [-0.2, 0) is 6.54 Å². The maximum atomic E-state index is 5.89. The number of nitrogens with two attached hydrogens (primary N) is 1. The first-order valence-corrected chi connectivity index (χ1v) is 5.06. The van der Waals surface area contributed by atoms with Crippen LogP contribution in [-0.4, -0.2) is 42.4 Å². The maximum absolute atomic E-state index is 5.89. The van der Waals surface area contributed by atoms with Crippen molar-refractivity contribution in [3.63, 3.8) is 0 Å². The number of likely N-dealkylation sites (N-methyl/N-ethyl adjacent to an activating group) is 1. The number of ether oxygens (including phenoxy) is 1. The summed E-state index contributed by atoms with van der Waals surface area (Å²) in [5.41, 5.74) is 6.85. The van der Waals surface area contributed by atoms with E-state index in [1.807, 2.05) is 25.7 Å². The van der Waals surface area contributed by atoms with E-state index in [0.717, 1.165) is 24.5 Å². The summed E-state index contributed by atoms with van der Waals surface area (Å²) in [6, 6.07) is -0.0652. The van der Waals surface area contributed by atoms with Gasteiger partial charge in [0.25, 0.3) is 0 Å². The predicted octanol–water partition coefficient (Wildman–Crippen LogP) is 0.473. The summed E-state index contributed by atoms with van der Waals surface area (Å²) in [6.07, 6.45) is 1.72. The van der Waals surface area contributed by atoms with Crippen LogP contribution in [0.2, 0.25) is 0 Å². The van der Waals surface area contributed by atoms with Crippen LogP contribution in [0.5, 0.6) is 5.75 Å². The van der Waals surface area contributed by atoms with Gasteiger partial charge in [0.1, 0.15) is 0 Å². The molecule has 0 aliphatic rings. The first-order chi connectivity index (χ1) is 7.06. The van der Waals surface area contributed by atoms with E-state index < -0.39 is 0 Å². The van der Waals surface area contributed by atoms with E-state index in [0.29, 0.717) is 0 Å². The van der Waals surface area contributed by atoms with Gasteiger partial charge in [0.2, 0.25) is 0 Å². The number of nitrogens with zero attached hydrogens (tertiary/aromatic N) is 3. The van der Waals surface area contributed by atoms with Gasteiger partial charge in [-0.1, -0.05) is 0 Å². The lowest BCUT2D eigenvalue weighted by molar-refractivity contribution is 0.362. The normalized spacial score (nSPS) is 13.2. The van der Waals surface area contributed by atoms with Gasteiger partial charge in [0, 0.05) is 12.6 Å². The van der Waals surface area contributed by atoms with Crippen molar-refractivity contribution >= 4 is 0 Å². The maximum Gasteiger partial charge on any atom is 0.161 e. The number of aromatic nitrogens is 2. The van der Waals surface area contributed by atoms with E-state index in [2.05, 4.69) is 10.00 Å². The van der Waals surface area contributed by atoms with E-state index in [4.69, 9.17) is 10.5 Å². The monoisotopic (exact) mass is 212 g/mol. The minimum atomic E-state index is -0.0652. The Bertz CT molecular complexity index is 306. The summed E-state index contributed by atoms with van der Waals surface area (Å²) in [5, 5.41) is 4.27. The lowest BCUT2D eigenvalue weighted by Gasteiger charge is -2.14. The van der Waals surface area contributed by atoms with Crippen molar-refractivity contribution in [2.75, 3.05) is 27.7 Å². The largest absolute Gasteiger partial charge is 0.493 e. The molecule has 1 aromatic heterocycles. The molecule has 86 valence electrons. The van der Waals surface area contributed by atoms with Gasteiger partial charge in [-0.05, 0) is 21.0 Å². The summed E-state index contributed by atoms with van der Waals surface area (Å²) in [7, 11) is 5.71. The van der Waals surface area contributed by atoms with Gasteiger partial charge in [-0.25, -0.2) is 0 Å². The third kappa shape index (κ3) is 2.94. The third-order valence-electron chi connectivity index (χ3n) is 2.26. The number of hydrogen-bond donors (Lipinski definition) is 1. The van der Waals surface area contributed by atoms with Gasteiger partial charge in [-0.2, -0.15) is 5.10 Å². The van der Waals surface area contributed by atoms with E-state index in [-0.39, 0.29) is 6.04 Å².